The summed E-state index contributed by atoms with van der Waals surface area (Å²) in [7, 11) is 3.47. The van der Waals surface area contributed by atoms with Gasteiger partial charge in [-0.25, -0.2) is 9.97 Å². The van der Waals surface area contributed by atoms with E-state index in [-0.39, 0.29) is 0 Å². The van der Waals surface area contributed by atoms with Crippen molar-refractivity contribution in [3.05, 3.63) is 66.9 Å². The molecular weight excluding hydrogens is 404 g/mol. The van der Waals surface area contributed by atoms with Gasteiger partial charge in [0.2, 0.25) is 5.88 Å². The third kappa shape index (κ3) is 5.19. The fourth-order valence-electron chi connectivity index (χ4n) is 3.95. The Morgan fingerprint density at radius 1 is 1.19 bits per heavy atom. The van der Waals surface area contributed by atoms with Gasteiger partial charge in [-0.1, -0.05) is 13.0 Å². The van der Waals surface area contributed by atoms with E-state index in [1.54, 1.807) is 7.11 Å². The predicted molar refractivity (Wildman–Crippen MR) is 124 cm³/mol. The summed E-state index contributed by atoms with van der Waals surface area (Å²) in [4.78, 5) is 15.5. The number of pyridine rings is 1. The van der Waals surface area contributed by atoms with E-state index in [1.165, 1.54) is 0 Å². The van der Waals surface area contributed by atoms with Gasteiger partial charge in [-0.05, 0) is 42.2 Å². The second-order valence-corrected chi connectivity index (χ2v) is 7.97. The van der Waals surface area contributed by atoms with Crippen molar-refractivity contribution in [3.8, 4) is 17.4 Å². The topological polar surface area (TPSA) is 76.8 Å². The van der Waals surface area contributed by atoms with Crippen LogP contribution >= 0.6 is 0 Å². The van der Waals surface area contributed by atoms with E-state index in [0.29, 0.717) is 24.4 Å². The van der Waals surface area contributed by atoms with Crippen LogP contribution in [0.5, 0.6) is 17.4 Å². The second kappa shape index (κ2) is 10.2. The molecule has 1 aliphatic heterocycles. The maximum atomic E-state index is 5.81. The molecule has 0 radical (unpaired) electrons. The van der Waals surface area contributed by atoms with Crippen molar-refractivity contribution in [2.45, 2.75) is 25.9 Å². The Balaban J connectivity index is 1.32. The van der Waals surface area contributed by atoms with E-state index in [4.69, 9.17) is 9.47 Å². The number of ether oxygens (including phenoxy) is 2. The van der Waals surface area contributed by atoms with Crippen LogP contribution in [0.15, 0.2) is 66.3 Å². The van der Waals surface area contributed by atoms with Gasteiger partial charge >= 0.3 is 0 Å². The minimum atomic E-state index is 0.390. The Hall–Kier alpha value is -3.55. The maximum Gasteiger partial charge on any atom is 0.219 e. The van der Waals surface area contributed by atoms with Gasteiger partial charge in [0.25, 0.3) is 0 Å². The van der Waals surface area contributed by atoms with Gasteiger partial charge in [-0.15, -0.1) is 0 Å². The number of aromatic nitrogens is 3. The molecule has 2 atom stereocenters. The van der Waals surface area contributed by atoms with Crippen LogP contribution < -0.4 is 14.8 Å². The van der Waals surface area contributed by atoms with Gasteiger partial charge in [0.05, 0.1) is 19.5 Å². The average Bonchev–Trinajstić information content (AvgIpc) is 3.37. The van der Waals surface area contributed by atoms with Crippen LogP contribution in [-0.2, 0) is 6.54 Å². The molecule has 1 N–H and O–H groups in total. The standard InChI is InChI=1S/C24H30N6O2/c1-18-10-12-29(16-22(18)30-13-11-26-17-30)24(25-2)28-15-19-4-9-23(27-14-19)32-21-7-5-20(31-3)6-8-21/h4-9,11,13-14,17-18,22H,10,12,15-16H2,1-3H3,(H,25,28). The summed E-state index contributed by atoms with van der Waals surface area (Å²) in [6.45, 7) is 4.84. The van der Waals surface area contributed by atoms with Crippen LogP contribution in [0, 0.1) is 5.92 Å². The first-order valence-electron chi connectivity index (χ1n) is 10.9. The molecule has 1 fully saturated rings. The van der Waals surface area contributed by atoms with Gasteiger partial charge in [0.1, 0.15) is 11.5 Å². The van der Waals surface area contributed by atoms with Crippen LogP contribution in [0.4, 0.5) is 0 Å². The zero-order valence-electron chi connectivity index (χ0n) is 18.8. The van der Waals surface area contributed by atoms with Crippen molar-refractivity contribution in [1.29, 1.82) is 0 Å². The monoisotopic (exact) mass is 434 g/mol. The number of likely N-dealkylation sites (tertiary alicyclic amines) is 1. The summed E-state index contributed by atoms with van der Waals surface area (Å²) in [6, 6.07) is 11.7. The summed E-state index contributed by atoms with van der Waals surface area (Å²) in [6.07, 6.45) is 8.73. The summed E-state index contributed by atoms with van der Waals surface area (Å²) in [5.74, 6) is 3.56. The summed E-state index contributed by atoms with van der Waals surface area (Å²) < 4.78 is 13.2. The van der Waals surface area contributed by atoms with Gasteiger partial charge < -0.3 is 24.3 Å². The molecule has 3 aromatic rings. The molecule has 168 valence electrons. The number of imidazole rings is 1. The quantitative estimate of drug-likeness (QED) is 0.471. The van der Waals surface area contributed by atoms with Crippen molar-refractivity contribution in [2.24, 2.45) is 10.9 Å². The molecule has 1 aliphatic rings. The molecule has 4 rings (SSSR count). The largest absolute Gasteiger partial charge is 0.497 e. The van der Waals surface area contributed by atoms with Crippen LogP contribution in [0.1, 0.15) is 24.9 Å². The van der Waals surface area contributed by atoms with E-state index < -0.39 is 0 Å². The zero-order chi connectivity index (χ0) is 22.3. The lowest BCUT2D eigenvalue weighted by molar-refractivity contribution is 0.189. The molecule has 0 saturated carbocycles. The van der Waals surface area contributed by atoms with E-state index >= 15 is 0 Å². The zero-order valence-corrected chi connectivity index (χ0v) is 18.8. The summed E-state index contributed by atoms with van der Waals surface area (Å²) in [5.41, 5.74) is 1.06. The highest BCUT2D eigenvalue weighted by Crippen LogP contribution is 2.27. The third-order valence-electron chi connectivity index (χ3n) is 5.87. The molecule has 1 saturated heterocycles. The maximum absolute atomic E-state index is 5.81. The van der Waals surface area contributed by atoms with Crippen molar-refractivity contribution < 1.29 is 9.47 Å². The minimum absolute atomic E-state index is 0.390. The van der Waals surface area contributed by atoms with E-state index in [9.17, 15) is 0 Å². The first kappa shape index (κ1) is 21.7. The van der Waals surface area contributed by atoms with Crippen molar-refractivity contribution in [1.82, 2.24) is 24.8 Å². The highest BCUT2D eigenvalue weighted by molar-refractivity contribution is 5.80. The molecule has 3 heterocycles. The molecule has 32 heavy (non-hydrogen) atoms. The second-order valence-electron chi connectivity index (χ2n) is 7.97. The number of rotatable bonds is 6. The number of guanidine groups is 1. The number of methoxy groups -OCH3 is 1. The van der Waals surface area contributed by atoms with Crippen LogP contribution in [0.3, 0.4) is 0 Å². The molecule has 1 aromatic carbocycles. The molecule has 8 nitrogen and oxygen atoms in total. The Labute approximate surface area is 188 Å². The van der Waals surface area contributed by atoms with Crippen molar-refractivity contribution in [3.63, 3.8) is 0 Å². The SMILES string of the molecule is CN=C(NCc1ccc(Oc2ccc(OC)cc2)nc1)N1CCC(C)C(n2ccnc2)C1. The van der Waals surface area contributed by atoms with Gasteiger partial charge in [-0.2, -0.15) is 0 Å². The smallest absolute Gasteiger partial charge is 0.219 e. The Morgan fingerprint density at radius 3 is 2.66 bits per heavy atom. The normalized spacial score (nSPS) is 19.0. The van der Waals surface area contributed by atoms with Crippen molar-refractivity contribution >= 4 is 5.96 Å². The fraction of sp³-hybridized carbons (Fsp3) is 0.375. The number of piperidine rings is 1. The fourth-order valence-corrected chi connectivity index (χ4v) is 3.95. The van der Waals surface area contributed by atoms with Crippen LogP contribution in [-0.4, -0.2) is 52.6 Å². The lowest BCUT2D eigenvalue weighted by Gasteiger charge is -2.39. The Kier molecular flexibility index (Phi) is 6.89. The van der Waals surface area contributed by atoms with E-state index in [1.807, 2.05) is 68.4 Å². The lowest BCUT2D eigenvalue weighted by atomic mass is 9.93. The molecular formula is C24H30N6O2. The number of hydrogen-bond donors (Lipinski definition) is 1. The minimum Gasteiger partial charge on any atom is -0.497 e. The number of nitrogens with one attached hydrogen (secondary N) is 1. The highest BCUT2D eigenvalue weighted by atomic mass is 16.5. The molecule has 0 bridgehead atoms. The average molecular weight is 435 g/mol. The van der Waals surface area contributed by atoms with E-state index in [0.717, 1.165) is 42.5 Å². The molecule has 0 spiro atoms. The molecule has 2 unspecified atom stereocenters. The first-order valence-corrected chi connectivity index (χ1v) is 10.9. The number of aliphatic imine (C=N–C) groups is 1. The summed E-state index contributed by atoms with van der Waals surface area (Å²) in [5, 5.41) is 3.47. The summed E-state index contributed by atoms with van der Waals surface area (Å²) >= 11 is 0. The first-order chi connectivity index (χ1) is 15.7. The molecule has 0 amide bonds. The van der Waals surface area contributed by atoms with Gasteiger partial charge in [-0.3, -0.25) is 4.99 Å². The molecule has 0 aliphatic carbocycles. The van der Waals surface area contributed by atoms with Crippen LogP contribution in [0.25, 0.3) is 0 Å². The van der Waals surface area contributed by atoms with E-state index in [2.05, 4.69) is 36.7 Å². The van der Waals surface area contributed by atoms with Gasteiger partial charge in [0.15, 0.2) is 5.96 Å². The van der Waals surface area contributed by atoms with Gasteiger partial charge in [0, 0.05) is 51.3 Å². The predicted octanol–water partition coefficient (Wildman–Crippen LogP) is 3.74. The van der Waals surface area contributed by atoms with Crippen LogP contribution in [0.2, 0.25) is 0 Å². The number of nitrogens with zero attached hydrogens (tertiary/aromatic N) is 5. The molecule has 8 heteroatoms. The Morgan fingerprint density at radius 2 is 2.00 bits per heavy atom. The Bertz CT molecular complexity index is 1000. The number of benzene rings is 1. The lowest BCUT2D eigenvalue weighted by Crippen LogP contribution is -2.48. The highest BCUT2D eigenvalue weighted by Gasteiger charge is 2.28. The number of hydrogen-bond acceptors (Lipinski definition) is 5. The third-order valence-corrected chi connectivity index (χ3v) is 5.87. The molecule has 2 aromatic heterocycles. The van der Waals surface area contributed by atoms with Crippen molar-refractivity contribution in [2.75, 3.05) is 27.2 Å².